The van der Waals surface area contributed by atoms with E-state index in [-0.39, 0.29) is 32.8 Å². The molecule has 0 spiro atoms. The second-order valence-electron chi connectivity index (χ2n) is 8.92. The molecule has 1 aliphatic rings. The summed E-state index contributed by atoms with van der Waals surface area (Å²) < 4.78 is 51.3. The van der Waals surface area contributed by atoms with E-state index in [4.69, 9.17) is 18.6 Å². The number of benzene rings is 2. The number of hydrogen-bond acceptors (Lipinski definition) is 8. The van der Waals surface area contributed by atoms with Gasteiger partial charge < -0.3 is 18.6 Å². The summed E-state index contributed by atoms with van der Waals surface area (Å²) in [5.74, 6) is 1.12. The van der Waals surface area contributed by atoms with E-state index >= 15 is 0 Å². The molecule has 38 heavy (non-hydrogen) atoms. The number of aryl methyl sites for hydroxylation is 2. The molecule has 11 heteroatoms. The Bertz CT molecular complexity index is 1330. The Morgan fingerprint density at radius 2 is 1.84 bits per heavy atom. The van der Waals surface area contributed by atoms with Gasteiger partial charge in [0.2, 0.25) is 5.89 Å². The molecule has 3 aromatic rings. The smallest absolute Gasteiger partial charge is 0.321 e. The Morgan fingerprint density at radius 3 is 2.55 bits per heavy atom. The zero-order valence-electron chi connectivity index (χ0n) is 21.9. The zero-order chi connectivity index (χ0) is 27.1. The van der Waals surface area contributed by atoms with Crippen LogP contribution in [0.1, 0.15) is 29.5 Å². The molecule has 0 saturated carbocycles. The van der Waals surface area contributed by atoms with Gasteiger partial charge in [-0.3, -0.25) is 4.79 Å². The highest BCUT2D eigenvalue weighted by molar-refractivity contribution is 7.86. The third kappa shape index (κ3) is 6.98. The fraction of sp³-hybridized carbons (Fsp3) is 0.407. The van der Waals surface area contributed by atoms with Crippen LogP contribution in [0, 0.1) is 13.8 Å². The van der Waals surface area contributed by atoms with Gasteiger partial charge in [-0.2, -0.15) is 17.0 Å². The molecular formula is C27H33N3O7S. The lowest BCUT2D eigenvalue weighted by Gasteiger charge is -2.31. The molecular weight excluding hydrogens is 510 g/mol. The number of carbonyl (C=O) groups excluding carboxylic acids is 1. The number of aromatic nitrogens is 1. The van der Waals surface area contributed by atoms with E-state index < -0.39 is 22.7 Å². The minimum Gasteiger partial charge on any atom is -0.487 e. The molecule has 0 radical (unpaired) electrons. The zero-order valence-corrected chi connectivity index (χ0v) is 22.7. The van der Waals surface area contributed by atoms with Crippen molar-refractivity contribution in [3.63, 3.8) is 0 Å². The molecule has 0 aliphatic carbocycles. The number of oxazole rings is 1. The van der Waals surface area contributed by atoms with Crippen LogP contribution in [0.15, 0.2) is 52.9 Å². The predicted molar refractivity (Wildman–Crippen MR) is 141 cm³/mol. The number of hydrogen-bond donors (Lipinski definition) is 0. The highest BCUT2D eigenvalue weighted by Crippen LogP contribution is 2.24. The first-order valence-electron chi connectivity index (χ1n) is 12.5. The highest BCUT2D eigenvalue weighted by atomic mass is 32.2. The van der Waals surface area contributed by atoms with Crippen molar-refractivity contribution < 1.29 is 31.8 Å². The van der Waals surface area contributed by atoms with Crippen molar-refractivity contribution in [2.24, 2.45) is 0 Å². The van der Waals surface area contributed by atoms with Crippen LogP contribution in [0.3, 0.4) is 0 Å². The standard InChI is InChI=1S/C27H33N3O7S/c1-4-35-26(31)18-30(38(32,33)29-12-14-34-15-13-29)17-22-6-5-7-24(16-22)36-19-25-21(3)37-27(28-25)23-10-8-20(2)9-11-23/h5-11,16H,4,12-15,17-19H2,1-3H3. The lowest BCUT2D eigenvalue weighted by Crippen LogP contribution is -2.49. The van der Waals surface area contributed by atoms with Gasteiger partial charge in [0.25, 0.3) is 10.2 Å². The Balaban J connectivity index is 1.47. The van der Waals surface area contributed by atoms with Crippen LogP contribution in [0.2, 0.25) is 0 Å². The quantitative estimate of drug-likeness (QED) is 0.338. The van der Waals surface area contributed by atoms with E-state index in [1.807, 2.05) is 38.1 Å². The van der Waals surface area contributed by atoms with Gasteiger partial charge in [-0.25, -0.2) is 4.98 Å². The van der Waals surface area contributed by atoms with Crippen LogP contribution in [-0.2, 0) is 37.6 Å². The van der Waals surface area contributed by atoms with Gasteiger partial charge >= 0.3 is 5.97 Å². The molecule has 10 nitrogen and oxygen atoms in total. The summed E-state index contributed by atoms with van der Waals surface area (Å²) in [6.07, 6.45) is 0. The van der Waals surface area contributed by atoms with Crippen LogP contribution >= 0.6 is 0 Å². The normalized spacial score (nSPS) is 14.5. The summed E-state index contributed by atoms with van der Waals surface area (Å²) >= 11 is 0. The van der Waals surface area contributed by atoms with Gasteiger partial charge in [0.05, 0.1) is 19.8 Å². The summed E-state index contributed by atoms with van der Waals surface area (Å²) in [4.78, 5) is 16.8. The van der Waals surface area contributed by atoms with E-state index in [1.54, 1.807) is 31.2 Å². The van der Waals surface area contributed by atoms with Crippen LogP contribution in [0.25, 0.3) is 11.5 Å². The fourth-order valence-electron chi connectivity index (χ4n) is 3.98. The monoisotopic (exact) mass is 543 g/mol. The summed E-state index contributed by atoms with van der Waals surface area (Å²) in [5, 5.41) is 0. The lowest BCUT2D eigenvalue weighted by molar-refractivity contribution is -0.143. The summed E-state index contributed by atoms with van der Waals surface area (Å²) in [7, 11) is -3.91. The van der Waals surface area contributed by atoms with E-state index in [9.17, 15) is 13.2 Å². The lowest BCUT2D eigenvalue weighted by atomic mass is 10.1. The minimum atomic E-state index is -3.91. The number of esters is 1. The topological polar surface area (TPSA) is 111 Å². The highest BCUT2D eigenvalue weighted by Gasteiger charge is 2.33. The Kier molecular flexibility index (Phi) is 9.16. The Morgan fingerprint density at radius 1 is 1.11 bits per heavy atom. The van der Waals surface area contributed by atoms with Gasteiger partial charge in [-0.05, 0) is 50.6 Å². The van der Waals surface area contributed by atoms with Crippen LogP contribution in [-0.4, -0.2) is 67.4 Å². The van der Waals surface area contributed by atoms with Crippen LogP contribution in [0.4, 0.5) is 0 Å². The van der Waals surface area contributed by atoms with Crippen LogP contribution in [0.5, 0.6) is 5.75 Å². The molecule has 2 heterocycles. The second kappa shape index (κ2) is 12.5. The molecule has 0 unspecified atom stereocenters. The number of ether oxygens (including phenoxy) is 3. The summed E-state index contributed by atoms with van der Waals surface area (Å²) in [6.45, 7) is 6.55. The first-order valence-corrected chi connectivity index (χ1v) is 13.9. The first-order chi connectivity index (χ1) is 18.3. The molecule has 0 atom stereocenters. The maximum absolute atomic E-state index is 13.3. The molecule has 2 aromatic carbocycles. The van der Waals surface area contributed by atoms with E-state index in [2.05, 4.69) is 4.98 Å². The summed E-state index contributed by atoms with van der Waals surface area (Å²) in [6, 6.07) is 15.0. The fourth-order valence-corrected chi connectivity index (χ4v) is 5.50. The van der Waals surface area contributed by atoms with Gasteiger partial charge in [-0.1, -0.05) is 29.8 Å². The summed E-state index contributed by atoms with van der Waals surface area (Å²) in [5.41, 5.74) is 3.37. The Labute approximate surface area is 223 Å². The average Bonchev–Trinajstić information content (AvgIpc) is 3.28. The van der Waals surface area contributed by atoms with Crippen molar-refractivity contribution in [3.8, 4) is 17.2 Å². The number of carbonyl (C=O) groups is 1. The third-order valence-corrected chi connectivity index (χ3v) is 7.99. The van der Waals surface area contributed by atoms with Crippen molar-refractivity contribution >= 4 is 16.2 Å². The Hall–Kier alpha value is -3.25. The first kappa shape index (κ1) is 27.8. The third-order valence-electron chi connectivity index (χ3n) is 6.06. The second-order valence-corrected chi connectivity index (χ2v) is 10.8. The van der Waals surface area contributed by atoms with E-state index in [0.717, 1.165) is 15.4 Å². The molecule has 4 rings (SSSR count). The molecule has 1 saturated heterocycles. The van der Waals surface area contributed by atoms with Crippen molar-refractivity contribution in [2.45, 2.75) is 33.9 Å². The number of nitrogens with zero attached hydrogens (tertiary/aromatic N) is 3. The van der Waals surface area contributed by atoms with Crippen molar-refractivity contribution in [1.82, 2.24) is 13.6 Å². The largest absolute Gasteiger partial charge is 0.487 e. The van der Waals surface area contributed by atoms with Crippen LogP contribution < -0.4 is 4.74 Å². The average molecular weight is 544 g/mol. The van der Waals surface area contributed by atoms with Gasteiger partial charge in [0, 0.05) is 25.2 Å². The van der Waals surface area contributed by atoms with E-state index in [0.29, 0.717) is 41.9 Å². The van der Waals surface area contributed by atoms with Crippen molar-refractivity contribution in [2.75, 3.05) is 39.5 Å². The molecule has 1 aliphatic heterocycles. The molecule has 204 valence electrons. The van der Waals surface area contributed by atoms with Gasteiger partial charge in [0.15, 0.2) is 0 Å². The maximum atomic E-state index is 13.3. The van der Waals surface area contributed by atoms with Crippen molar-refractivity contribution in [3.05, 3.63) is 71.1 Å². The van der Waals surface area contributed by atoms with Crippen molar-refractivity contribution in [1.29, 1.82) is 0 Å². The van der Waals surface area contributed by atoms with Gasteiger partial charge in [-0.15, -0.1) is 0 Å². The molecule has 1 fully saturated rings. The van der Waals surface area contributed by atoms with E-state index in [1.165, 1.54) is 4.31 Å². The molecule has 0 amide bonds. The number of morpholine rings is 1. The molecule has 1 aromatic heterocycles. The van der Waals surface area contributed by atoms with Gasteiger partial charge in [0.1, 0.15) is 30.4 Å². The predicted octanol–water partition coefficient (Wildman–Crippen LogP) is 3.48. The maximum Gasteiger partial charge on any atom is 0.321 e. The molecule has 0 N–H and O–H groups in total. The molecule has 0 bridgehead atoms. The SMILES string of the molecule is CCOC(=O)CN(Cc1cccc(OCc2nc(-c3ccc(C)cc3)oc2C)c1)S(=O)(=O)N1CCOCC1. The number of rotatable bonds is 11. The minimum absolute atomic E-state index is 0.0176.